The summed E-state index contributed by atoms with van der Waals surface area (Å²) in [7, 11) is 0. The lowest BCUT2D eigenvalue weighted by Gasteiger charge is -2.09. The smallest absolute Gasteiger partial charge is 0.181 e. The van der Waals surface area contributed by atoms with E-state index in [1.807, 2.05) is 37.3 Å². The maximum absolute atomic E-state index is 8.54. The lowest BCUT2D eigenvalue weighted by atomic mass is 10.1. The van der Waals surface area contributed by atoms with Gasteiger partial charge in [-0.3, -0.25) is 0 Å². The maximum Gasteiger partial charge on any atom is 0.181 e. The summed E-state index contributed by atoms with van der Waals surface area (Å²) in [6.07, 6.45) is -0.420. The van der Waals surface area contributed by atoms with E-state index >= 15 is 0 Å². The van der Waals surface area contributed by atoms with Crippen molar-refractivity contribution in [3.63, 3.8) is 0 Å². The Hall–Kier alpha value is -1.53. The summed E-state index contributed by atoms with van der Waals surface area (Å²) in [4.78, 5) is 0. The molecule has 14 heavy (non-hydrogen) atoms. The van der Waals surface area contributed by atoms with E-state index in [1.165, 1.54) is 0 Å². The fourth-order valence-electron chi connectivity index (χ4n) is 1.08. The fraction of sp³-hybridized carbons (Fsp3) is 0.364. The van der Waals surface area contributed by atoms with Gasteiger partial charge in [-0.1, -0.05) is 12.1 Å². The van der Waals surface area contributed by atoms with Gasteiger partial charge in [0.2, 0.25) is 0 Å². The monoisotopic (exact) mass is 190 g/mol. The van der Waals surface area contributed by atoms with Gasteiger partial charge >= 0.3 is 0 Å². The van der Waals surface area contributed by atoms with Crippen LogP contribution in [0.5, 0.6) is 5.75 Å². The molecule has 0 bridgehead atoms. The van der Waals surface area contributed by atoms with Crippen LogP contribution in [0.1, 0.15) is 25.5 Å². The molecule has 1 aromatic rings. The van der Waals surface area contributed by atoms with Crippen LogP contribution < -0.4 is 10.5 Å². The van der Waals surface area contributed by atoms with Gasteiger partial charge in [-0.2, -0.15) is 5.26 Å². The van der Waals surface area contributed by atoms with E-state index in [0.717, 1.165) is 5.56 Å². The van der Waals surface area contributed by atoms with Crippen molar-refractivity contribution < 1.29 is 4.74 Å². The van der Waals surface area contributed by atoms with Gasteiger partial charge in [-0.15, -0.1) is 0 Å². The van der Waals surface area contributed by atoms with Crippen molar-refractivity contribution in [2.75, 3.05) is 0 Å². The van der Waals surface area contributed by atoms with Crippen molar-refractivity contribution >= 4 is 0 Å². The minimum Gasteiger partial charge on any atom is -0.476 e. The topological polar surface area (TPSA) is 59.0 Å². The standard InChI is InChI=1S/C11H14N2O/c1-8(7-12)14-11-5-3-10(4-6-11)9(2)13/h3-6,8-9H,13H2,1-2H3/t8?,9-/m1/s1. The Labute approximate surface area is 84.1 Å². The molecule has 0 saturated carbocycles. The summed E-state index contributed by atoms with van der Waals surface area (Å²) in [6.45, 7) is 3.63. The molecule has 1 aromatic carbocycles. The maximum atomic E-state index is 8.54. The normalized spacial score (nSPS) is 14.1. The zero-order chi connectivity index (χ0) is 10.6. The molecule has 2 N–H and O–H groups in total. The third-order valence-corrected chi connectivity index (χ3v) is 1.90. The van der Waals surface area contributed by atoms with Crippen molar-refractivity contribution in [2.45, 2.75) is 26.0 Å². The largest absolute Gasteiger partial charge is 0.476 e. The van der Waals surface area contributed by atoms with Crippen molar-refractivity contribution in [3.8, 4) is 11.8 Å². The molecule has 3 nitrogen and oxygen atoms in total. The van der Waals surface area contributed by atoms with Gasteiger partial charge in [0.15, 0.2) is 6.10 Å². The quantitative estimate of drug-likeness (QED) is 0.793. The van der Waals surface area contributed by atoms with E-state index in [9.17, 15) is 0 Å². The van der Waals surface area contributed by atoms with Crippen LogP contribution in [0.3, 0.4) is 0 Å². The average Bonchev–Trinajstić information content (AvgIpc) is 2.18. The van der Waals surface area contributed by atoms with Crippen LogP contribution in [0.2, 0.25) is 0 Å². The molecule has 0 saturated heterocycles. The van der Waals surface area contributed by atoms with Gasteiger partial charge in [0.1, 0.15) is 11.8 Å². The Morgan fingerprint density at radius 2 is 1.86 bits per heavy atom. The number of ether oxygens (including phenoxy) is 1. The Morgan fingerprint density at radius 1 is 1.29 bits per heavy atom. The predicted octanol–water partition coefficient (Wildman–Crippen LogP) is 2.00. The molecular formula is C11H14N2O. The summed E-state index contributed by atoms with van der Waals surface area (Å²) in [5.74, 6) is 0.698. The van der Waals surface area contributed by atoms with Gasteiger partial charge in [0, 0.05) is 6.04 Å². The number of hydrogen-bond acceptors (Lipinski definition) is 3. The fourth-order valence-corrected chi connectivity index (χ4v) is 1.08. The predicted molar refractivity (Wildman–Crippen MR) is 54.7 cm³/mol. The van der Waals surface area contributed by atoms with Crippen LogP contribution in [0.15, 0.2) is 24.3 Å². The molecule has 1 rings (SSSR count). The summed E-state index contributed by atoms with van der Waals surface area (Å²) in [5.41, 5.74) is 6.76. The van der Waals surface area contributed by atoms with Gasteiger partial charge in [0.05, 0.1) is 0 Å². The number of benzene rings is 1. The highest BCUT2D eigenvalue weighted by atomic mass is 16.5. The second-order valence-corrected chi connectivity index (χ2v) is 3.25. The van der Waals surface area contributed by atoms with Crippen molar-refractivity contribution in [1.29, 1.82) is 5.26 Å². The molecule has 74 valence electrons. The molecule has 0 spiro atoms. The molecule has 0 aromatic heterocycles. The summed E-state index contributed by atoms with van der Waals surface area (Å²) < 4.78 is 5.30. The van der Waals surface area contributed by atoms with E-state index in [4.69, 9.17) is 15.7 Å². The average molecular weight is 190 g/mol. The minimum absolute atomic E-state index is 0.0254. The first-order chi connectivity index (χ1) is 6.63. The van der Waals surface area contributed by atoms with Gasteiger partial charge in [0.25, 0.3) is 0 Å². The third-order valence-electron chi connectivity index (χ3n) is 1.90. The van der Waals surface area contributed by atoms with E-state index in [1.54, 1.807) is 6.92 Å². The van der Waals surface area contributed by atoms with E-state index in [2.05, 4.69) is 0 Å². The molecule has 0 aliphatic carbocycles. The molecule has 3 heteroatoms. The molecule has 0 aliphatic rings. The minimum atomic E-state index is -0.420. The molecule has 2 atom stereocenters. The molecule has 0 heterocycles. The van der Waals surface area contributed by atoms with Crippen LogP contribution in [0.4, 0.5) is 0 Å². The van der Waals surface area contributed by atoms with Gasteiger partial charge < -0.3 is 10.5 Å². The Balaban J connectivity index is 2.70. The van der Waals surface area contributed by atoms with Crippen molar-refractivity contribution in [2.24, 2.45) is 5.73 Å². The highest BCUT2D eigenvalue weighted by Crippen LogP contribution is 2.16. The first kappa shape index (κ1) is 10.6. The van der Waals surface area contributed by atoms with Crippen LogP contribution in [0.25, 0.3) is 0 Å². The Morgan fingerprint density at radius 3 is 2.29 bits per heavy atom. The molecule has 1 unspecified atom stereocenters. The van der Waals surface area contributed by atoms with Gasteiger partial charge in [-0.25, -0.2) is 0 Å². The summed E-state index contributed by atoms with van der Waals surface area (Å²) >= 11 is 0. The van der Waals surface area contributed by atoms with Crippen LogP contribution in [0, 0.1) is 11.3 Å². The number of hydrogen-bond donors (Lipinski definition) is 1. The molecular weight excluding hydrogens is 176 g/mol. The SMILES string of the molecule is CC(C#N)Oc1ccc([C@@H](C)N)cc1. The summed E-state index contributed by atoms with van der Waals surface area (Å²) in [6, 6.07) is 9.49. The zero-order valence-electron chi connectivity index (χ0n) is 8.40. The van der Waals surface area contributed by atoms with Crippen LogP contribution >= 0.6 is 0 Å². The lowest BCUT2D eigenvalue weighted by molar-refractivity contribution is 0.276. The Bertz CT molecular complexity index is 324. The molecule has 0 radical (unpaired) electrons. The molecule has 0 amide bonds. The van der Waals surface area contributed by atoms with Crippen LogP contribution in [-0.4, -0.2) is 6.10 Å². The van der Waals surface area contributed by atoms with E-state index in [0.29, 0.717) is 5.75 Å². The molecule has 0 aliphatic heterocycles. The van der Waals surface area contributed by atoms with Crippen molar-refractivity contribution in [1.82, 2.24) is 0 Å². The third kappa shape index (κ3) is 2.75. The number of rotatable bonds is 3. The summed E-state index contributed by atoms with van der Waals surface area (Å²) in [5, 5.41) is 8.54. The highest BCUT2D eigenvalue weighted by molar-refractivity contribution is 5.29. The molecule has 0 fully saturated rings. The highest BCUT2D eigenvalue weighted by Gasteiger charge is 2.02. The number of nitriles is 1. The first-order valence-corrected chi connectivity index (χ1v) is 4.55. The number of nitrogens with zero attached hydrogens (tertiary/aromatic N) is 1. The first-order valence-electron chi connectivity index (χ1n) is 4.55. The van der Waals surface area contributed by atoms with Crippen molar-refractivity contribution in [3.05, 3.63) is 29.8 Å². The number of nitrogens with two attached hydrogens (primary N) is 1. The second-order valence-electron chi connectivity index (χ2n) is 3.25. The van der Waals surface area contributed by atoms with Crippen LogP contribution in [-0.2, 0) is 0 Å². The lowest BCUT2D eigenvalue weighted by Crippen LogP contribution is -2.08. The Kier molecular flexibility index (Phi) is 3.49. The van der Waals surface area contributed by atoms with E-state index < -0.39 is 6.10 Å². The second kappa shape index (κ2) is 4.64. The van der Waals surface area contributed by atoms with Gasteiger partial charge in [-0.05, 0) is 31.5 Å². The zero-order valence-corrected chi connectivity index (χ0v) is 8.40. The van der Waals surface area contributed by atoms with E-state index in [-0.39, 0.29) is 6.04 Å².